The summed E-state index contributed by atoms with van der Waals surface area (Å²) in [7, 11) is 0. The second-order valence-corrected chi connectivity index (χ2v) is 5.18. The number of aliphatic carboxylic acids is 1. The van der Waals surface area contributed by atoms with E-state index in [1.54, 1.807) is 29.2 Å². The summed E-state index contributed by atoms with van der Waals surface area (Å²) < 4.78 is 5.24. The van der Waals surface area contributed by atoms with Gasteiger partial charge in [-0.1, -0.05) is 23.7 Å². The number of carbonyl (C=O) groups is 2. The summed E-state index contributed by atoms with van der Waals surface area (Å²) in [5, 5.41) is 9.47. The molecular formula is C15H16ClNO4. The van der Waals surface area contributed by atoms with Crippen LogP contribution in [0.1, 0.15) is 12.0 Å². The third-order valence-electron chi connectivity index (χ3n) is 3.19. The third-order valence-corrected chi connectivity index (χ3v) is 3.42. The summed E-state index contributed by atoms with van der Waals surface area (Å²) in [6.45, 7) is 1.08. The maximum atomic E-state index is 12.2. The van der Waals surface area contributed by atoms with E-state index in [4.69, 9.17) is 21.4 Å². The Bertz CT molecular complexity index is 558. The van der Waals surface area contributed by atoms with Gasteiger partial charge < -0.3 is 14.7 Å². The van der Waals surface area contributed by atoms with Gasteiger partial charge in [-0.25, -0.2) is 0 Å². The van der Waals surface area contributed by atoms with Crippen molar-refractivity contribution >= 4 is 29.6 Å². The molecule has 21 heavy (non-hydrogen) atoms. The predicted molar refractivity (Wildman–Crippen MR) is 79.1 cm³/mol. The minimum atomic E-state index is -0.942. The monoisotopic (exact) mass is 309 g/mol. The van der Waals surface area contributed by atoms with E-state index in [-0.39, 0.29) is 18.9 Å². The Morgan fingerprint density at radius 3 is 3.00 bits per heavy atom. The molecule has 1 N–H and O–H groups in total. The number of rotatable bonds is 4. The number of hydrogen-bond donors (Lipinski definition) is 1. The number of ether oxygens (including phenoxy) is 1. The topological polar surface area (TPSA) is 66.8 Å². The largest absolute Gasteiger partial charge is 0.481 e. The minimum Gasteiger partial charge on any atom is -0.481 e. The Labute approximate surface area is 127 Å². The Morgan fingerprint density at radius 1 is 1.48 bits per heavy atom. The van der Waals surface area contributed by atoms with Crippen LogP contribution in [0, 0.1) is 0 Å². The maximum Gasteiger partial charge on any atom is 0.305 e. The summed E-state index contributed by atoms with van der Waals surface area (Å²) in [6.07, 6.45) is 2.99. The van der Waals surface area contributed by atoms with E-state index in [0.717, 1.165) is 5.56 Å². The Morgan fingerprint density at radius 2 is 2.29 bits per heavy atom. The van der Waals surface area contributed by atoms with Crippen LogP contribution in [0.4, 0.5) is 0 Å². The van der Waals surface area contributed by atoms with E-state index in [2.05, 4.69) is 0 Å². The molecule has 5 nitrogen and oxygen atoms in total. The maximum absolute atomic E-state index is 12.2. The number of carboxylic acids is 1. The van der Waals surface area contributed by atoms with Gasteiger partial charge in [-0.3, -0.25) is 9.59 Å². The van der Waals surface area contributed by atoms with Crippen molar-refractivity contribution in [2.45, 2.75) is 12.5 Å². The highest BCUT2D eigenvalue weighted by molar-refractivity contribution is 6.30. The number of halogens is 1. The van der Waals surface area contributed by atoms with Crippen LogP contribution in [-0.4, -0.2) is 47.7 Å². The number of amides is 1. The molecule has 1 unspecified atom stereocenters. The van der Waals surface area contributed by atoms with Crippen molar-refractivity contribution in [3.05, 3.63) is 40.9 Å². The van der Waals surface area contributed by atoms with Crippen LogP contribution in [0.5, 0.6) is 0 Å². The minimum absolute atomic E-state index is 0.114. The van der Waals surface area contributed by atoms with Crippen LogP contribution in [0.25, 0.3) is 6.08 Å². The second kappa shape index (κ2) is 7.24. The van der Waals surface area contributed by atoms with Gasteiger partial charge in [0.05, 0.1) is 25.7 Å². The van der Waals surface area contributed by atoms with E-state index in [9.17, 15) is 9.59 Å². The number of morpholine rings is 1. The molecule has 0 saturated carbocycles. The first kappa shape index (κ1) is 15.5. The Balaban J connectivity index is 2.05. The fraction of sp³-hybridized carbons (Fsp3) is 0.333. The number of hydrogen-bond acceptors (Lipinski definition) is 3. The summed E-state index contributed by atoms with van der Waals surface area (Å²) in [4.78, 5) is 24.6. The molecule has 1 aliphatic rings. The molecule has 0 bridgehead atoms. The van der Waals surface area contributed by atoms with Gasteiger partial charge in [0.1, 0.15) is 0 Å². The van der Waals surface area contributed by atoms with E-state index in [0.29, 0.717) is 18.2 Å². The lowest BCUT2D eigenvalue weighted by atomic mass is 10.1. The molecule has 1 amide bonds. The zero-order valence-electron chi connectivity index (χ0n) is 11.4. The van der Waals surface area contributed by atoms with Crippen molar-refractivity contribution < 1.29 is 19.4 Å². The first-order valence-electron chi connectivity index (χ1n) is 6.60. The lowest BCUT2D eigenvalue weighted by Gasteiger charge is -2.34. The third kappa shape index (κ3) is 4.58. The average molecular weight is 310 g/mol. The molecule has 0 aliphatic carbocycles. The number of nitrogens with zero attached hydrogens (tertiary/aromatic N) is 1. The van der Waals surface area contributed by atoms with Crippen molar-refractivity contribution in [1.82, 2.24) is 4.90 Å². The summed E-state index contributed by atoms with van der Waals surface area (Å²) in [5.74, 6) is -1.16. The molecule has 0 radical (unpaired) electrons. The van der Waals surface area contributed by atoms with Gasteiger partial charge in [0, 0.05) is 17.6 Å². The van der Waals surface area contributed by atoms with Crippen LogP contribution < -0.4 is 0 Å². The van der Waals surface area contributed by atoms with Crippen LogP contribution in [-0.2, 0) is 14.3 Å². The van der Waals surface area contributed by atoms with Crippen molar-refractivity contribution in [3.8, 4) is 0 Å². The smallest absolute Gasteiger partial charge is 0.305 e. The van der Waals surface area contributed by atoms with Crippen LogP contribution in [0.2, 0.25) is 5.02 Å². The van der Waals surface area contributed by atoms with Gasteiger partial charge in [-0.15, -0.1) is 0 Å². The van der Waals surface area contributed by atoms with Crippen LogP contribution >= 0.6 is 11.6 Å². The first-order valence-corrected chi connectivity index (χ1v) is 6.98. The fourth-order valence-electron chi connectivity index (χ4n) is 2.19. The van der Waals surface area contributed by atoms with Crippen molar-refractivity contribution in [2.24, 2.45) is 0 Å². The van der Waals surface area contributed by atoms with Crippen molar-refractivity contribution in [2.75, 3.05) is 19.8 Å². The molecule has 1 atom stereocenters. The quantitative estimate of drug-likeness (QED) is 0.865. The fourth-order valence-corrected chi connectivity index (χ4v) is 2.39. The number of carbonyl (C=O) groups excluding carboxylic acids is 1. The summed E-state index contributed by atoms with van der Waals surface area (Å²) in [6, 6.07) is 6.72. The zero-order valence-corrected chi connectivity index (χ0v) is 12.1. The molecule has 6 heteroatoms. The molecule has 0 spiro atoms. The van der Waals surface area contributed by atoms with Gasteiger partial charge in [0.2, 0.25) is 5.91 Å². The standard InChI is InChI=1S/C15H16ClNO4/c16-12-3-1-2-11(8-12)4-5-14(18)17-6-7-21-10-13(17)9-15(19)20/h1-5,8,13H,6-7,9-10H2,(H,19,20)/b5-4+. The second-order valence-electron chi connectivity index (χ2n) is 4.75. The van der Waals surface area contributed by atoms with Gasteiger partial charge in [0.15, 0.2) is 0 Å². The lowest BCUT2D eigenvalue weighted by Crippen LogP contribution is -2.49. The van der Waals surface area contributed by atoms with Gasteiger partial charge in [-0.05, 0) is 23.8 Å². The highest BCUT2D eigenvalue weighted by Crippen LogP contribution is 2.14. The molecule has 1 heterocycles. The van der Waals surface area contributed by atoms with Crippen LogP contribution in [0.15, 0.2) is 30.3 Å². The molecule has 1 fully saturated rings. The van der Waals surface area contributed by atoms with Crippen molar-refractivity contribution in [3.63, 3.8) is 0 Å². The van der Waals surface area contributed by atoms with Crippen molar-refractivity contribution in [1.29, 1.82) is 0 Å². The predicted octanol–water partition coefficient (Wildman–Crippen LogP) is 2.06. The molecule has 0 aromatic heterocycles. The summed E-state index contributed by atoms with van der Waals surface area (Å²) in [5.41, 5.74) is 0.818. The van der Waals surface area contributed by atoms with Gasteiger partial charge in [-0.2, -0.15) is 0 Å². The Hall–Kier alpha value is -1.85. The Kier molecular flexibility index (Phi) is 5.36. The highest BCUT2D eigenvalue weighted by atomic mass is 35.5. The SMILES string of the molecule is O=C(O)CC1COCCN1C(=O)/C=C/c1cccc(Cl)c1. The average Bonchev–Trinajstić information content (AvgIpc) is 2.45. The van der Waals surface area contributed by atoms with Gasteiger partial charge in [0.25, 0.3) is 0 Å². The lowest BCUT2D eigenvalue weighted by molar-refractivity contribution is -0.143. The van der Waals surface area contributed by atoms with E-state index in [1.807, 2.05) is 6.07 Å². The van der Waals surface area contributed by atoms with Gasteiger partial charge >= 0.3 is 5.97 Å². The molecular weight excluding hydrogens is 294 g/mol. The number of carboxylic acid groups (broad SMARTS) is 1. The first-order chi connectivity index (χ1) is 10.1. The van der Waals surface area contributed by atoms with E-state index in [1.165, 1.54) is 6.08 Å². The van der Waals surface area contributed by atoms with E-state index < -0.39 is 12.0 Å². The number of benzene rings is 1. The summed E-state index contributed by atoms with van der Waals surface area (Å²) >= 11 is 5.88. The molecule has 112 valence electrons. The van der Waals surface area contributed by atoms with E-state index >= 15 is 0 Å². The molecule has 1 aromatic carbocycles. The highest BCUT2D eigenvalue weighted by Gasteiger charge is 2.27. The molecule has 2 rings (SSSR count). The normalized spacial score (nSPS) is 18.9. The zero-order chi connectivity index (χ0) is 15.2. The molecule has 1 aliphatic heterocycles. The molecule has 1 aromatic rings. The van der Waals surface area contributed by atoms with Crippen LogP contribution in [0.3, 0.4) is 0 Å². The molecule has 1 saturated heterocycles.